The second kappa shape index (κ2) is 8.07. The Labute approximate surface area is 236 Å². The summed E-state index contributed by atoms with van der Waals surface area (Å²) in [6.07, 6.45) is 0. The summed E-state index contributed by atoms with van der Waals surface area (Å²) in [6, 6.07) is 38.0. The van der Waals surface area contributed by atoms with Crippen molar-refractivity contribution < 1.29 is 4.21 Å². The van der Waals surface area contributed by atoms with Crippen LogP contribution in [0.25, 0.3) is 71.8 Å². The third-order valence-electron chi connectivity index (χ3n) is 8.14. The third kappa shape index (κ3) is 3.01. The average molecular weight is 543 g/mol. The molecule has 0 spiro atoms. The molecule has 6 heteroatoms. The van der Waals surface area contributed by atoms with Gasteiger partial charge in [0.25, 0.3) is 0 Å². The molecule has 4 aliphatic rings. The summed E-state index contributed by atoms with van der Waals surface area (Å²) in [7, 11) is -1.35. The van der Waals surface area contributed by atoms with Crippen molar-refractivity contribution in [2.75, 3.05) is 0 Å². The van der Waals surface area contributed by atoms with Crippen LogP contribution in [0.2, 0.25) is 0 Å². The quantitative estimate of drug-likeness (QED) is 0.227. The molecule has 2 aliphatic heterocycles. The van der Waals surface area contributed by atoms with Gasteiger partial charge in [0.15, 0.2) is 0 Å². The molecule has 5 nitrogen and oxygen atoms in total. The maximum atomic E-state index is 13.3. The number of rotatable bonds is 3. The highest BCUT2D eigenvalue weighted by molar-refractivity contribution is 7.85. The zero-order valence-corrected chi connectivity index (χ0v) is 22.3. The number of para-hydroxylation sites is 2. The van der Waals surface area contributed by atoms with Crippen LogP contribution >= 0.6 is 0 Å². The lowest BCUT2D eigenvalue weighted by atomic mass is 10.1. The normalized spacial score (nSPS) is 12.9. The molecule has 0 radical (unpaired) electrons. The van der Waals surface area contributed by atoms with Crippen LogP contribution in [0, 0.1) is 11.3 Å². The number of nitrogens with zero attached hydrogens (tertiary/aromatic N) is 4. The number of nitriles is 1. The summed E-state index contributed by atoms with van der Waals surface area (Å²) in [5.41, 5.74) is 10.0. The second-order valence-electron chi connectivity index (χ2n) is 10.3. The molecular formula is C35H18N4OS. The van der Waals surface area contributed by atoms with Crippen LogP contribution in [0.15, 0.2) is 119 Å². The minimum atomic E-state index is -1.35. The van der Waals surface area contributed by atoms with Gasteiger partial charge in [-0.2, -0.15) is 5.26 Å². The fraction of sp³-hybridized carbons (Fsp3) is 0. The second-order valence-corrected chi connectivity index (χ2v) is 11.8. The maximum absolute atomic E-state index is 13.3. The predicted octanol–water partition coefficient (Wildman–Crippen LogP) is 8.00. The molecule has 0 amide bonds. The van der Waals surface area contributed by atoms with Crippen molar-refractivity contribution in [2.24, 2.45) is 0 Å². The first-order chi connectivity index (χ1) is 20.2. The van der Waals surface area contributed by atoms with E-state index in [1.165, 1.54) is 0 Å². The Morgan fingerprint density at radius 1 is 0.707 bits per heavy atom. The Balaban J connectivity index is 1.30. The monoisotopic (exact) mass is 542 g/mol. The minimum Gasteiger partial charge on any atom is -0.308 e. The molecule has 0 fully saturated rings. The predicted molar refractivity (Wildman–Crippen MR) is 163 cm³/mol. The van der Waals surface area contributed by atoms with Gasteiger partial charge >= 0.3 is 0 Å². The van der Waals surface area contributed by atoms with E-state index in [0.29, 0.717) is 15.4 Å². The van der Waals surface area contributed by atoms with E-state index in [1.54, 1.807) is 24.3 Å². The molecule has 41 heavy (non-hydrogen) atoms. The van der Waals surface area contributed by atoms with E-state index in [4.69, 9.17) is 15.2 Å². The highest BCUT2D eigenvalue weighted by Gasteiger charge is 2.29. The molecular weight excluding hydrogens is 524 g/mol. The van der Waals surface area contributed by atoms with Crippen molar-refractivity contribution in [1.82, 2.24) is 14.5 Å². The first-order valence-electron chi connectivity index (χ1n) is 13.3. The van der Waals surface area contributed by atoms with Gasteiger partial charge in [-0.3, -0.25) is 0 Å². The molecule has 0 saturated heterocycles. The van der Waals surface area contributed by atoms with Crippen LogP contribution in [0.4, 0.5) is 0 Å². The van der Waals surface area contributed by atoms with Crippen LogP contribution in [0.3, 0.4) is 0 Å². The van der Waals surface area contributed by atoms with E-state index in [2.05, 4.69) is 59.2 Å². The number of fused-ring (bicyclic) bond motifs is 11. The molecule has 3 heterocycles. The van der Waals surface area contributed by atoms with E-state index >= 15 is 0 Å². The molecule has 4 aromatic carbocycles. The third-order valence-corrected chi connectivity index (χ3v) is 9.54. The highest BCUT2D eigenvalue weighted by atomic mass is 32.2. The van der Waals surface area contributed by atoms with Crippen molar-refractivity contribution in [2.45, 2.75) is 9.79 Å². The number of benzene rings is 4. The fourth-order valence-electron chi connectivity index (χ4n) is 6.33. The van der Waals surface area contributed by atoms with Crippen LogP contribution in [0.5, 0.6) is 0 Å². The highest BCUT2D eigenvalue weighted by Crippen LogP contribution is 2.50. The first kappa shape index (κ1) is 22.4. The zero-order valence-electron chi connectivity index (χ0n) is 21.5. The molecule has 1 unspecified atom stereocenters. The lowest BCUT2D eigenvalue weighted by molar-refractivity contribution is 0.683. The number of hydrogen-bond donors (Lipinski definition) is 0. The maximum Gasteiger partial charge on any atom is 0.0991 e. The largest absolute Gasteiger partial charge is 0.308 e. The van der Waals surface area contributed by atoms with Gasteiger partial charge in [0.05, 0.1) is 55.9 Å². The van der Waals surface area contributed by atoms with Gasteiger partial charge in [0, 0.05) is 48.2 Å². The van der Waals surface area contributed by atoms with Crippen molar-refractivity contribution in [1.29, 1.82) is 5.26 Å². The van der Waals surface area contributed by atoms with Gasteiger partial charge in [-0.1, -0.05) is 36.4 Å². The van der Waals surface area contributed by atoms with Gasteiger partial charge in [0.2, 0.25) is 0 Å². The van der Waals surface area contributed by atoms with Crippen molar-refractivity contribution in [3.8, 4) is 34.3 Å². The molecule has 1 atom stereocenters. The number of aromatic nitrogens is 3. The van der Waals surface area contributed by atoms with Crippen LogP contribution in [-0.2, 0) is 10.8 Å². The fourth-order valence-corrected chi connectivity index (χ4v) is 7.37. The molecule has 9 rings (SSSR count). The van der Waals surface area contributed by atoms with Gasteiger partial charge in [0.1, 0.15) is 0 Å². The molecule has 0 saturated carbocycles. The van der Waals surface area contributed by atoms with Crippen LogP contribution < -0.4 is 0 Å². The molecule has 2 aliphatic carbocycles. The SMILES string of the molecule is N#Cc1ccc(S(=O)c2ccc(-n3c4cc5c6ccccc6nc-5c4c4cc5nc6ccccc6c-5c43)cc2)cc1. The van der Waals surface area contributed by atoms with Gasteiger partial charge in [-0.15, -0.1) is 0 Å². The Morgan fingerprint density at radius 2 is 1.37 bits per heavy atom. The molecule has 0 N–H and O–H groups in total. The molecule has 0 bridgehead atoms. The average Bonchev–Trinajstić information content (AvgIpc) is 3.79. The number of hydrogen-bond acceptors (Lipinski definition) is 4. The summed E-state index contributed by atoms with van der Waals surface area (Å²) < 4.78 is 15.6. The van der Waals surface area contributed by atoms with Gasteiger partial charge < -0.3 is 4.57 Å². The standard InChI is InChI=1S/C35H18N4OS/c36-19-20-9-13-22(14-10-20)41(40)23-15-11-21(12-16-23)39-31-18-26-24-5-1-3-7-28(24)38-34(26)33(31)27-17-30-32(35(27)39)25-6-2-4-8-29(25)37-30/h1-18H. The molecule has 190 valence electrons. The van der Waals surface area contributed by atoms with Crippen molar-refractivity contribution in [3.63, 3.8) is 0 Å². The summed E-state index contributed by atoms with van der Waals surface area (Å²) in [5.74, 6) is 0. The van der Waals surface area contributed by atoms with E-state index in [0.717, 1.165) is 71.8 Å². The van der Waals surface area contributed by atoms with E-state index < -0.39 is 10.8 Å². The molecule has 5 aromatic rings. The molecule has 1 aromatic heterocycles. The van der Waals surface area contributed by atoms with E-state index in [9.17, 15) is 4.21 Å². The van der Waals surface area contributed by atoms with E-state index in [-0.39, 0.29) is 0 Å². The first-order valence-corrected chi connectivity index (χ1v) is 14.5. The van der Waals surface area contributed by atoms with E-state index in [1.807, 2.05) is 36.4 Å². The van der Waals surface area contributed by atoms with Crippen molar-refractivity contribution in [3.05, 3.63) is 115 Å². The Bertz CT molecular complexity index is 2430. The van der Waals surface area contributed by atoms with Gasteiger partial charge in [-0.25, -0.2) is 14.2 Å². The minimum absolute atomic E-state index is 0.549. The summed E-state index contributed by atoms with van der Waals surface area (Å²) in [6.45, 7) is 0. The topological polar surface area (TPSA) is 71.6 Å². The Hall–Kier alpha value is -5.38. The van der Waals surface area contributed by atoms with Gasteiger partial charge in [-0.05, 0) is 72.8 Å². The Morgan fingerprint density at radius 3 is 2.10 bits per heavy atom. The van der Waals surface area contributed by atoms with Crippen molar-refractivity contribution >= 4 is 54.4 Å². The zero-order chi connectivity index (χ0) is 27.2. The van der Waals surface area contributed by atoms with Crippen LogP contribution in [-0.4, -0.2) is 18.7 Å². The lowest BCUT2D eigenvalue weighted by Gasteiger charge is -2.09. The summed E-state index contributed by atoms with van der Waals surface area (Å²) in [5, 5.41) is 13.7. The lowest BCUT2D eigenvalue weighted by Crippen LogP contribution is -1.96. The Kier molecular flexibility index (Phi) is 4.42. The summed E-state index contributed by atoms with van der Waals surface area (Å²) >= 11 is 0. The summed E-state index contributed by atoms with van der Waals surface area (Å²) in [4.78, 5) is 11.4. The van der Waals surface area contributed by atoms with Crippen LogP contribution in [0.1, 0.15) is 5.56 Å². The smallest absolute Gasteiger partial charge is 0.0991 e.